The third-order valence-electron chi connectivity index (χ3n) is 2.84. The Morgan fingerprint density at radius 3 is 2.71 bits per heavy atom. The third-order valence-corrected chi connectivity index (χ3v) is 2.84. The number of carbonyl (C=O) groups excluding carboxylic acids is 1. The molecule has 5 heteroatoms. The van der Waals surface area contributed by atoms with Crippen LogP contribution in [0.5, 0.6) is 0 Å². The van der Waals surface area contributed by atoms with E-state index in [1.165, 1.54) is 0 Å². The van der Waals surface area contributed by atoms with E-state index in [0.717, 1.165) is 11.3 Å². The average Bonchev–Trinajstić information content (AvgIpc) is 2.47. The van der Waals surface area contributed by atoms with Crippen molar-refractivity contribution >= 4 is 17.4 Å². The number of hydrogen-bond acceptors (Lipinski definition) is 4. The highest BCUT2D eigenvalue weighted by Crippen LogP contribution is 2.12. The SMILES string of the molecule is CC(C)CC(=O)Nc1ccc(NCc2cccnc2)cn1. The zero-order valence-corrected chi connectivity index (χ0v) is 12.3. The Morgan fingerprint density at radius 2 is 2.10 bits per heavy atom. The number of aromatic nitrogens is 2. The predicted molar refractivity (Wildman–Crippen MR) is 83.9 cm³/mol. The molecular formula is C16H20N4O. The molecule has 2 aromatic rings. The zero-order chi connectivity index (χ0) is 15.1. The van der Waals surface area contributed by atoms with E-state index in [-0.39, 0.29) is 5.91 Å². The average molecular weight is 284 g/mol. The van der Waals surface area contributed by atoms with Gasteiger partial charge in [0.25, 0.3) is 0 Å². The number of carbonyl (C=O) groups is 1. The summed E-state index contributed by atoms with van der Waals surface area (Å²) in [5, 5.41) is 6.04. The maximum absolute atomic E-state index is 11.6. The van der Waals surface area contributed by atoms with Crippen molar-refractivity contribution in [3.63, 3.8) is 0 Å². The lowest BCUT2D eigenvalue weighted by molar-refractivity contribution is -0.116. The van der Waals surface area contributed by atoms with Crippen molar-refractivity contribution in [3.8, 4) is 0 Å². The van der Waals surface area contributed by atoms with Crippen molar-refractivity contribution in [2.45, 2.75) is 26.8 Å². The molecule has 0 atom stereocenters. The molecule has 0 aliphatic carbocycles. The van der Waals surface area contributed by atoms with Crippen LogP contribution >= 0.6 is 0 Å². The minimum absolute atomic E-state index is 0.00595. The first-order valence-corrected chi connectivity index (χ1v) is 7.02. The molecule has 1 amide bonds. The van der Waals surface area contributed by atoms with Crippen molar-refractivity contribution in [1.29, 1.82) is 0 Å². The number of nitrogens with zero attached hydrogens (tertiary/aromatic N) is 2. The van der Waals surface area contributed by atoms with Crippen LogP contribution in [0.4, 0.5) is 11.5 Å². The van der Waals surface area contributed by atoms with Gasteiger partial charge in [-0.1, -0.05) is 19.9 Å². The van der Waals surface area contributed by atoms with E-state index in [0.29, 0.717) is 24.7 Å². The van der Waals surface area contributed by atoms with E-state index >= 15 is 0 Å². The van der Waals surface area contributed by atoms with Crippen molar-refractivity contribution < 1.29 is 4.79 Å². The lowest BCUT2D eigenvalue weighted by Gasteiger charge is -2.08. The number of nitrogens with one attached hydrogen (secondary N) is 2. The Bertz CT molecular complexity index is 567. The second-order valence-corrected chi connectivity index (χ2v) is 5.29. The highest BCUT2D eigenvalue weighted by Gasteiger charge is 2.05. The van der Waals surface area contributed by atoms with Gasteiger partial charge in [0.1, 0.15) is 5.82 Å². The molecule has 0 saturated carbocycles. The fourth-order valence-electron chi connectivity index (χ4n) is 1.84. The van der Waals surface area contributed by atoms with Gasteiger partial charge in [0, 0.05) is 25.4 Å². The van der Waals surface area contributed by atoms with E-state index < -0.39 is 0 Å². The largest absolute Gasteiger partial charge is 0.380 e. The lowest BCUT2D eigenvalue weighted by atomic mass is 10.1. The van der Waals surface area contributed by atoms with Crippen molar-refractivity contribution in [1.82, 2.24) is 9.97 Å². The standard InChI is InChI=1S/C16H20N4O/c1-12(2)8-16(21)20-15-6-5-14(11-19-15)18-10-13-4-3-7-17-9-13/h3-7,9,11-12,18H,8,10H2,1-2H3,(H,19,20,21). The van der Waals surface area contributed by atoms with E-state index in [9.17, 15) is 4.79 Å². The molecule has 2 aromatic heterocycles. The molecule has 0 unspecified atom stereocenters. The molecule has 0 radical (unpaired) electrons. The Morgan fingerprint density at radius 1 is 1.24 bits per heavy atom. The molecule has 5 nitrogen and oxygen atoms in total. The van der Waals surface area contributed by atoms with Crippen molar-refractivity contribution in [2.24, 2.45) is 5.92 Å². The topological polar surface area (TPSA) is 66.9 Å². The summed E-state index contributed by atoms with van der Waals surface area (Å²) >= 11 is 0. The van der Waals surface area contributed by atoms with Crippen LogP contribution in [-0.4, -0.2) is 15.9 Å². The van der Waals surface area contributed by atoms with Crippen LogP contribution < -0.4 is 10.6 Å². The summed E-state index contributed by atoms with van der Waals surface area (Å²) in [7, 11) is 0. The maximum atomic E-state index is 11.6. The Hall–Kier alpha value is -2.43. The molecule has 21 heavy (non-hydrogen) atoms. The van der Waals surface area contributed by atoms with Gasteiger partial charge in [-0.05, 0) is 29.7 Å². The van der Waals surface area contributed by atoms with Crippen molar-refractivity contribution in [2.75, 3.05) is 10.6 Å². The molecule has 0 aliphatic rings. The summed E-state index contributed by atoms with van der Waals surface area (Å²) in [6, 6.07) is 7.61. The van der Waals surface area contributed by atoms with Gasteiger partial charge in [0.15, 0.2) is 0 Å². The fraction of sp³-hybridized carbons (Fsp3) is 0.312. The summed E-state index contributed by atoms with van der Waals surface area (Å²) in [6.45, 7) is 4.71. The third kappa shape index (κ3) is 5.22. The van der Waals surface area contributed by atoms with Gasteiger partial charge < -0.3 is 10.6 Å². The quantitative estimate of drug-likeness (QED) is 0.855. The first-order valence-electron chi connectivity index (χ1n) is 7.02. The van der Waals surface area contributed by atoms with Gasteiger partial charge >= 0.3 is 0 Å². The van der Waals surface area contributed by atoms with Gasteiger partial charge in [-0.15, -0.1) is 0 Å². The number of anilines is 2. The molecule has 0 fully saturated rings. The fourth-order valence-corrected chi connectivity index (χ4v) is 1.84. The molecule has 2 rings (SSSR count). The van der Waals surface area contributed by atoms with Crippen LogP contribution in [0.2, 0.25) is 0 Å². The van der Waals surface area contributed by atoms with Crippen LogP contribution in [0.3, 0.4) is 0 Å². The van der Waals surface area contributed by atoms with Crippen LogP contribution in [0.25, 0.3) is 0 Å². The molecule has 0 saturated heterocycles. The second-order valence-electron chi connectivity index (χ2n) is 5.29. The van der Waals surface area contributed by atoms with Gasteiger partial charge in [-0.25, -0.2) is 4.98 Å². The molecule has 0 spiro atoms. The summed E-state index contributed by atoms with van der Waals surface area (Å²) < 4.78 is 0. The first kappa shape index (κ1) is 15.0. The predicted octanol–water partition coefficient (Wildman–Crippen LogP) is 3.07. The normalized spacial score (nSPS) is 10.4. The van der Waals surface area contributed by atoms with E-state index in [1.54, 1.807) is 18.5 Å². The smallest absolute Gasteiger partial charge is 0.225 e. The van der Waals surface area contributed by atoms with Crippen molar-refractivity contribution in [3.05, 3.63) is 48.4 Å². The van der Waals surface area contributed by atoms with E-state index in [1.807, 2.05) is 38.2 Å². The zero-order valence-electron chi connectivity index (χ0n) is 12.3. The lowest BCUT2D eigenvalue weighted by Crippen LogP contribution is -2.14. The Labute approximate surface area is 124 Å². The number of amides is 1. The van der Waals surface area contributed by atoms with E-state index in [2.05, 4.69) is 20.6 Å². The monoisotopic (exact) mass is 284 g/mol. The number of hydrogen-bond donors (Lipinski definition) is 2. The van der Waals surface area contributed by atoms with Gasteiger partial charge in [-0.3, -0.25) is 9.78 Å². The first-order chi connectivity index (χ1) is 10.1. The summed E-state index contributed by atoms with van der Waals surface area (Å²) in [6.07, 6.45) is 5.78. The van der Waals surface area contributed by atoms with Crippen LogP contribution in [0, 0.1) is 5.92 Å². The van der Waals surface area contributed by atoms with Crippen LogP contribution in [-0.2, 0) is 11.3 Å². The molecule has 0 aliphatic heterocycles. The molecule has 0 aromatic carbocycles. The molecule has 110 valence electrons. The molecular weight excluding hydrogens is 264 g/mol. The summed E-state index contributed by atoms with van der Waals surface area (Å²) in [4.78, 5) is 19.9. The molecule has 2 heterocycles. The van der Waals surface area contributed by atoms with Gasteiger partial charge in [0.2, 0.25) is 5.91 Å². The minimum Gasteiger partial charge on any atom is -0.380 e. The molecule has 0 bridgehead atoms. The van der Waals surface area contributed by atoms with Crippen LogP contribution in [0.1, 0.15) is 25.8 Å². The Balaban J connectivity index is 1.86. The summed E-state index contributed by atoms with van der Waals surface area (Å²) in [5.41, 5.74) is 2.01. The second kappa shape index (κ2) is 7.38. The Kier molecular flexibility index (Phi) is 5.26. The highest BCUT2D eigenvalue weighted by molar-refractivity contribution is 5.89. The van der Waals surface area contributed by atoms with Crippen LogP contribution in [0.15, 0.2) is 42.9 Å². The van der Waals surface area contributed by atoms with E-state index in [4.69, 9.17) is 0 Å². The number of rotatable bonds is 6. The summed E-state index contributed by atoms with van der Waals surface area (Å²) in [5.74, 6) is 0.909. The maximum Gasteiger partial charge on any atom is 0.225 e. The molecule has 2 N–H and O–H groups in total. The van der Waals surface area contributed by atoms with Gasteiger partial charge in [-0.2, -0.15) is 0 Å². The highest BCUT2D eigenvalue weighted by atomic mass is 16.1. The van der Waals surface area contributed by atoms with Gasteiger partial charge in [0.05, 0.1) is 11.9 Å². The number of pyridine rings is 2. The minimum atomic E-state index is -0.00595.